The first-order chi connectivity index (χ1) is 8.43. The van der Waals surface area contributed by atoms with Crippen molar-refractivity contribution >= 4 is 35.1 Å². The Labute approximate surface area is 113 Å². The maximum absolute atomic E-state index is 11.8. The van der Waals surface area contributed by atoms with Crippen LogP contribution in [0.5, 0.6) is 0 Å². The predicted molar refractivity (Wildman–Crippen MR) is 67.1 cm³/mol. The van der Waals surface area contributed by atoms with Gasteiger partial charge in [-0.05, 0) is 18.2 Å². The third kappa shape index (κ3) is 4.18. The van der Waals surface area contributed by atoms with Gasteiger partial charge in [0.25, 0.3) is 5.91 Å². The molecule has 98 valence electrons. The van der Waals surface area contributed by atoms with Crippen LogP contribution in [-0.2, 0) is 4.79 Å². The Balaban J connectivity index is 2.83. The number of aliphatic hydroxyl groups is 1. The molecule has 0 aliphatic heterocycles. The van der Waals surface area contributed by atoms with Gasteiger partial charge in [-0.25, -0.2) is 4.79 Å². The lowest BCUT2D eigenvalue weighted by atomic mass is 10.1. The summed E-state index contributed by atoms with van der Waals surface area (Å²) in [6.45, 7) is -0.340. The molecule has 0 aliphatic rings. The van der Waals surface area contributed by atoms with Crippen LogP contribution in [0.2, 0.25) is 10.0 Å². The fourth-order valence-corrected chi connectivity index (χ4v) is 1.84. The quantitative estimate of drug-likeness (QED) is 0.768. The minimum absolute atomic E-state index is 0.0740. The van der Waals surface area contributed by atoms with E-state index in [2.05, 4.69) is 5.32 Å². The zero-order valence-electron chi connectivity index (χ0n) is 9.19. The Morgan fingerprint density at radius 2 is 1.78 bits per heavy atom. The molecule has 0 radical (unpaired) electrons. The summed E-state index contributed by atoms with van der Waals surface area (Å²) in [5.41, 5.74) is 0.164. The number of rotatable bonds is 5. The maximum atomic E-state index is 11.8. The van der Waals surface area contributed by atoms with Gasteiger partial charge in [-0.2, -0.15) is 0 Å². The molecule has 0 saturated carbocycles. The molecule has 18 heavy (non-hydrogen) atoms. The summed E-state index contributed by atoms with van der Waals surface area (Å²) in [5, 5.41) is 20.4. The molecule has 0 bridgehead atoms. The highest BCUT2D eigenvalue weighted by atomic mass is 35.5. The molecule has 3 N–H and O–H groups in total. The second-order valence-corrected chi connectivity index (χ2v) is 4.41. The normalized spacial score (nSPS) is 11.9. The third-order valence-electron chi connectivity index (χ3n) is 2.15. The molecule has 0 saturated heterocycles. The van der Waals surface area contributed by atoms with Gasteiger partial charge in [-0.1, -0.05) is 23.2 Å². The fourth-order valence-electron chi connectivity index (χ4n) is 1.31. The van der Waals surface area contributed by atoms with E-state index in [0.717, 1.165) is 0 Å². The van der Waals surface area contributed by atoms with E-state index in [1.54, 1.807) is 0 Å². The van der Waals surface area contributed by atoms with Crippen LogP contribution >= 0.6 is 23.2 Å². The van der Waals surface area contributed by atoms with Gasteiger partial charge in [0, 0.05) is 28.6 Å². The highest BCUT2D eigenvalue weighted by Gasteiger charge is 2.20. The van der Waals surface area contributed by atoms with Crippen molar-refractivity contribution in [2.45, 2.75) is 12.5 Å². The van der Waals surface area contributed by atoms with Gasteiger partial charge >= 0.3 is 5.97 Å². The number of nitrogens with one attached hydrogen (secondary N) is 1. The summed E-state index contributed by atoms with van der Waals surface area (Å²) in [4.78, 5) is 22.6. The van der Waals surface area contributed by atoms with Crippen LogP contribution in [0.15, 0.2) is 18.2 Å². The molecule has 0 aliphatic carbocycles. The molecule has 0 aromatic heterocycles. The number of hydrogen-bond donors (Lipinski definition) is 3. The molecule has 1 rings (SSSR count). The largest absolute Gasteiger partial charge is 0.480 e. The van der Waals surface area contributed by atoms with E-state index in [4.69, 9.17) is 33.4 Å². The van der Waals surface area contributed by atoms with Crippen LogP contribution in [0.25, 0.3) is 0 Å². The third-order valence-corrected chi connectivity index (χ3v) is 2.58. The van der Waals surface area contributed by atoms with Crippen molar-refractivity contribution in [1.82, 2.24) is 5.32 Å². The molecule has 1 aromatic rings. The van der Waals surface area contributed by atoms with Crippen LogP contribution in [0, 0.1) is 0 Å². The van der Waals surface area contributed by atoms with Gasteiger partial charge in [-0.3, -0.25) is 4.79 Å². The molecule has 1 unspecified atom stereocenters. The number of hydrogen-bond acceptors (Lipinski definition) is 3. The van der Waals surface area contributed by atoms with Crippen molar-refractivity contribution in [3.63, 3.8) is 0 Å². The number of benzene rings is 1. The van der Waals surface area contributed by atoms with Crippen LogP contribution in [0.1, 0.15) is 16.8 Å². The molecular weight excluding hydrogens is 281 g/mol. The van der Waals surface area contributed by atoms with Gasteiger partial charge in [0.1, 0.15) is 6.04 Å². The number of amides is 1. The summed E-state index contributed by atoms with van der Waals surface area (Å²) in [7, 11) is 0. The lowest BCUT2D eigenvalue weighted by Gasteiger charge is -2.13. The minimum atomic E-state index is -1.22. The highest BCUT2D eigenvalue weighted by Crippen LogP contribution is 2.19. The number of carbonyl (C=O) groups is 2. The van der Waals surface area contributed by atoms with E-state index in [-0.39, 0.29) is 28.6 Å². The molecule has 0 fully saturated rings. The molecular formula is C11H11Cl2NO4. The molecule has 0 heterocycles. The van der Waals surface area contributed by atoms with E-state index in [9.17, 15) is 9.59 Å². The van der Waals surface area contributed by atoms with Gasteiger partial charge in [0.2, 0.25) is 0 Å². The molecule has 1 atom stereocenters. The van der Waals surface area contributed by atoms with E-state index in [1.807, 2.05) is 0 Å². The standard InChI is InChI=1S/C11H11Cl2NO4/c12-7-3-6(4-8(13)5-7)10(16)14-9(1-2-15)11(17)18/h3-5,9,15H,1-2H2,(H,14,16)(H,17,18). The van der Waals surface area contributed by atoms with Gasteiger partial charge < -0.3 is 15.5 Å². The van der Waals surface area contributed by atoms with E-state index in [0.29, 0.717) is 0 Å². The van der Waals surface area contributed by atoms with Crippen molar-refractivity contribution in [3.8, 4) is 0 Å². The Hall–Kier alpha value is -1.30. The smallest absolute Gasteiger partial charge is 0.326 e. The van der Waals surface area contributed by atoms with E-state index in [1.165, 1.54) is 18.2 Å². The van der Waals surface area contributed by atoms with Gasteiger partial charge in [-0.15, -0.1) is 0 Å². The number of aliphatic carboxylic acids is 1. The first-order valence-corrected chi connectivity index (χ1v) is 5.80. The SMILES string of the molecule is O=C(NC(CCO)C(=O)O)c1cc(Cl)cc(Cl)c1. The number of carboxylic acid groups (broad SMARTS) is 1. The molecule has 7 heteroatoms. The minimum Gasteiger partial charge on any atom is -0.480 e. The fraction of sp³-hybridized carbons (Fsp3) is 0.273. The zero-order valence-corrected chi connectivity index (χ0v) is 10.7. The average Bonchev–Trinajstić information content (AvgIpc) is 2.26. The lowest BCUT2D eigenvalue weighted by molar-refractivity contribution is -0.139. The van der Waals surface area contributed by atoms with Crippen LogP contribution in [0.3, 0.4) is 0 Å². The summed E-state index contributed by atoms with van der Waals surface area (Å²) in [5.74, 6) is -1.83. The van der Waals surface area contributed by atoms with Crippen molar-refractivity contribution < 1.29 is 19.8 Å². The molecule has 1 aromatic carbocycles. The second-order valence-electron chi connectivity index (χ2n) is 3.53. The first kappa shape index (κ1) is 14.8. The monoisotopic (exact) mass is 291 g/mol. The highest BCUT2D eigenvalue weighted by molar-refractivity contribution is 6.35. The number of halogens is 2. The van der Waals surface area contributed by atoms with E-state index < -0.39 is 17.9 Å². The second kappa shape index (κ2) is 6.58. The van der Waals surface area contributed by atoms with Crippen molar-refractivity contribution in [2.75, 3.05) is 6.61 Å². The van der Waals surface area contributed by atoms with Crippen LogP contribution < -0.4 is 5.32 Å². The van der Waals surface area contributed by atoms with Gasteiger partial charge in [0.05, 0.1) is 0 Å². The van der Waals surface area contributed by atoms with Crippen molar-refractivity contribution in [1.29, 1.82) is 0 Å². The van der Waals surface area contributed by atoms with Crippen molar-refractivity contribution in [3.05, 3.63) is 33.8 Å². The maximum Gasteiger partial charge on any atom is 0.326 e. The summed E-state index contributed by atoms with van der Waals surface area (Å²) < 4.78 is 0. The Morgan fingerprint density at radius 3 is 2.22 bits per heavy atom. The Morgan fingerprint density at radius 1 is 1.22 bits per heavy atom. The van der Waals surface area contributed by atoms with Gasteiger partial charge in [0.15, 0.2) is 0 Å². The van der Waals surface area contributed by atoms with Crippen LogP contribution in [-0.4, -0.2) is 34.7 Å². The molecule has 5 nitrogen and oxygen atoms in total. The lowest BCUT2D eigenvalue weighted by Crippen LogP contribution is -2.41. The summed E-state index contributed by atoms with van der Waals surface area (Å²) >= 11 is 11.5. The average molecular weight is 292 g/mol. The molecule has 1 amide bonds. The number of aliphatic hydroxyl groups excluding tert-OH is 1. The summed E-state index contributed by atoms with van der Waals surface area (Å²) in [6.07, 6.45) is -0.0740. The van der Waals surface area contributed by atoms with Crippen molar-refractivity contribution in [2.24, 2.45) is 0 Å². The summed E-state index contributed by atoms with van der Waals surface area (Å²) in [6, 6.07) is 3.06. The number of carboxylic acids is 1. The van der Waals surface area contributed by atoms with Crippen LogP contribution in [0.4, 0.5) is 0 Å². The predicted octanol–water partition coefficient (Wildman–Crippen LogP) is 1.56. The first-order valence-electron chi connectivity index (χ1n) is 5.04. The van der Waals surface area contributed by atoms with E-state index >= 15 is 0 Å². The Kier molecular flexibility index (Phi) is 5.40. The number of carbonyl (C=O) groups excluding carboxylic acids is 1. The topological polar surface area (TPSA) is 86.6 Å². The molecule has 0 spiro atoms. The zero-order chi connectivity index (χ0) is 13.7. The Bertz CT molecular complexity index is 444.